The average molecular weight is 316 g/mol. The Labute approximate surface area is 120 Å². The van der Waals surface area contributed by atoms with E-state index in [9.17, 15) is 0 Å². The maximum atomic E-state index is 5.62. The van der Waals surface area contributed by atoms with E-state index in [1.165, 1.54) is 0 Å². The molecule has 0 aromatic carbocycles. The predicted molar refractivity (Wildman–Crippen MR) is 80.7 cm³/mol. The number of nitrogens with zero attached hydrogens (tertiary/aromatic N) is 3. The van der Waals surface area contributed by atoms with Crippen molar-refractivity contribution >= 4 is 16.9 Å². The molecule has 0 atom stereocenters. The van der Waals surface area contributed by atoms with Crippen molar-refractivity contribution in [3.05, 3.63) is 0 Å². The van der Waals surface area contributed by atoms with Gasteiger partial charge < -0.3 is 0 Å². The van der Waals surface area contributed by atoms with E-state index in [0.717, 1.165) is 6.54 Å². The molecule has 0 radical (unpaired) electrons. The van der Waals surface area contributed by atoms with Crippen molar-refractivity contribution in [3.63, 3.8) is 0 Å². The molecule has 0 saturated carbocycles. The Morgan fingerprint density at radius 1 is 0.889 bits per heavy atom. The van der Waals surface area contributed by atoms with Crippen molar-refractivity contribution in [2.24, 2.45) is 0 Å². The van der Waals surface area contributed by atoms with Crippen LogP contribution in [0.1, 0.15) is 34.6 Å². The monoisotopic (exact) mass is 315 g/mol. The van der Waals surface area contributed by atoms with Crippen LogP contribution in [0.2, 0.25) is 0 Å². The molecule has 5 heteroatoms. The molecule has 0 bridgehead atoms. The number of methoxy groups -OCH3 is 1. The Hall–Kier alpha value is 0.476. The van der Waals surface area contributed by atoms with Gasteiger partial charge >= 0.3 is 120 Å². The van der Waals surface area contributed by atoms with Gasteiger partial charge in [0.25, 0.3) is 0 Å². The Morgan fingerprint density at radius 3 is 1.50 bits per heavy atom. The molecule has 0 aromatic rings. The zero-order valence-corrected chi connectivity index (χ0v) is 16.5. The summed E-state index contributed by atoms with van der Waals surface area (Å²) in [4.78, 5) is 0. The number of rotatable bonds is 6. The van der Waals surface area contributed by atoms with Crippen LogP contribution in [0.3, 0.4) is 0 Å². The third-order valence-corrected chi connectivity index (χ3v) is 10.2. The Morgan fingerprint density at radius 2 is 1.28 bits per heavy atom. The molecular formula is C13H32GaN3O. The second kappa shape index (κ2) is 6.77. The van der Waals surface area contributed by atoms with E-state index in [1.54, 1.807) is 7.11 Å². The summed E-state index contributed by atoms with van der Waals surface area (Å²) in [7, 11) is 10.6. The van der Waals surface area contributed by atoms with Gasteiger partial charge in [-0.25, -0.2) is 0 Å². The minimum absolute atomic E-state index is 0.108. The SMILES string of the molecule is COC(C)(C)C[N]([Ga]([N](C)C)[N](C)C)C(C)(C)C. The fourth-order valence-corrected chi connectivity index (χ4v) is 9.16. The summed E-state index contributed by atoms with van der Waals surface area (Å²) < 4.78 is 13.1. The zero-order chi connectivity index (χ0) is 14.7. The second-order valence-corrected chi connectivity index (χ2v) is 14.1. The van der Waals surface area contributed by atoms with E-state index in [0.29, 0.717) is 0 Å². The molecular weight excluding hydrogens is 284 g/mol. The molecule has 0 fully saturated rings. The molecule has 0 saturated heterocycles. The van der Waals surface area contributed by atoms with Gasteiger partial charge in [-0.05, 0) is 0 Å². The van der Waals surface area contributed by atoms with Crippen LogP contribution in [0.15, 0.2) is 0 Å². The molecule has 0 rings (SSSR count). The van der Waals surface area contributed by atoms with Crippen molar-refractivity contribution in [1.29, 1.82) is 0 Å². The Balaban J connectivity index is 5.22. The van der Waals surface area contributed by atoms with Gasteiger partial charge in [0, 0.05) is 0 Å². The summed E-state index contributed by atoms with van der Waals surface area (Å²) in [6.45, 7) is 12.2. The van der Waals surface area contributed by atoms with Crippen molar-refractivity contribution in [1.82, 2.24) is 10.8 Å². The number of hydrogen-bond donors (Lipinski definition) is 0. The fourth-order valence-electron chi connectivity index (χ4n) is 2.16. The standard InChI is InChI=1S/C9H20NO.2C2H6N.Ga/c1-8(2,3)10-7-9(4,5)11-6;2*1-3-2;/h7H2,1-6H3;2*1-2H3;/q3*-1;+3. The summed E-state index contributed by atoms with van der Waals surface area (Å²) in [6.07, 6.45) is 0. The maximum absolute atomic E-state index is 5.62. The number of ether oxygens (including phenoxy) is 1. The fraction of sp³-hybridized carbons (Fsp3) is 1.00. The molecule has 0 unspecified atom stereocenters. The van der Waals surface area contributed by atoms with Crippen LogP contribution in [0.4, 0.5) is 0 Å². The van der Waals surface area contributed by atoms with Crippen molar-refractivity contribution < 1.29 is 4.74 Å². The molecule has 0 N–H and O–H groups in total. The van der Waals surface area contributed by atoms with E-state index in [2.05, 4.69) is 73.6 Å². The average Bonchev–Trinajstić information content (AvgIpc) is 2.13. The first-order valence-electron chi connectivity index (χ1n) is 6.57. The quantitative estimate of drug-likeness (QED) is 0.693. The van der Waals surface area contributed by atoms with Crippen LogP contribution in [0, 0.1) is 0 Å². The Bertz CT molecular complexity index is 241. The number of hydrogen-bond acceptors (Lipinski definition) is 4. The van der Waals surface area contributed by atoms with Gasteiger partial charge in [0.1, 0.15) is 0 Å². The van der Waals surface area contributed by atoms with E-state index >= 15 is 0 Å². The molecule has 4 nitrogen and oxygen atoms in total. The van der Waals surface area contributed by atoms with Crippen LogP contribution in [0.25, 0.3) is 0 Å². The molecule has 0 aliphatic rings. The van der Waals surface area contributed by atoms with Gasteiger partial charge in [-0.1, -0.05) is 0 Å². The van der Waals surface area contributed by atoms with Crippen LogP contribution in [0.5, 0.6) is 0 Å². The van der Waals surface area contributed by atoms with Crippen LogP contribution < -0.4 is 0 Å². The van der Waals surface area contributed by atoms with Gasteiger partial charge in [0.2, 0.25) is 0 Å². The minimum atomic E-state index is -1.86. The summed E-state index contributed by atoms with van der Waals surface area (Å²) >= 11 is -1.86. The van der Waals surface area contributed by atoms with E-state index in [4.69, 9.17) is 4.74 Å². The molecule has 0 spiro atoms. The Kier molecular flexibility index (Phi) is 6.95. The summed E-state index contributed by atoms with van der Waals surface area (Å²) in [5.74, 6) is 0. The van der Waals surface area contributed by atoms with E-state index < -0.39 is 16.9 Å². The summed E-state index contributed by atoms with van der Waals surface area (Å²) in [5, 5.41) is 0. The van der Waals surface area contributed by atoms with Crippen molar-refractivity contribution in [2.45, 2.75) is 45.8 Å². The van der Waals surface area contributed by atoms with Gasteiger partial charge in [-0.2, -0.15) is 0 Å². The third kappa shape index (κ3) is 5.63. The van der Waals surface area contributed by atoms with E-state index in [1.807, 2.05) is 0 Å². The first-order valence-corrected chi connectivity index (χ1v) is 9.82. The second-order valence-electron chi connectivity index (χ2n) is 7.04. The third-order valence-electron chi connectivity index (χ3n) is 3.17. The summed E-state index contributed by atoms with van der Waals surface area (Å²) in [5.41, 5.74) is 0.0534. The van der Waals surface area contributed by atoms with Gasteiger partial charge in [0.15, 0.2) is 0 Å². The predicted octanol–water partition coefficient (Wildman–Crippen LogP) is 1.62. The van der Waals surface area contributed by atoms with Crippen molar-refractivity contribution in [2.75, 3.05) is 41.8 Å². The molecule has 0 heterocycles. The topological polar surface area (TPSA) is 19.0 Å². The summed E-state index contributed by atoms with van der Waals surface area (Å²) in [6, 6.07) is 0. The van der Waals surface area contributed by atoms with Gasteiger partial charge in [-0.15, -0.1) is 0 Å². The van der Waals surface area contributed by atoms with Crippen LogP contribution >= 0.6 is 0 Å². The first-order chi connectivity index (χ1) is 7.92. The molecule has 0 aliphatic carbocycles. The normalized spacial score (nSPS) is 13.8. The zero-order valence-electron chi connectivity index (χ0n) is 14.0. The van der Waals surface area contributed by atoms with E-state index in [-0.39, 0.29) is 11.1 Å². The first kappa shape index (κ1) is 18.5. The van der Waals surface area contributed by atoms with Crippen LogP contribution in [-0.2, 0) is 4.74 Å². The van der Waals surface area contributed by atoms with Gasteiger partial charge in [0.05, 0.1) is 0 Å². The molecule has 18 heavy (non-hydrogen) atoms. The van der Waals surface area contributed by atoms with Crippen molar-refractivity contribution in [3.8, 4) is 0 Å². The molecule has 0 amide bonds. The van der Waals surface area contributed by atoms with Crippen LogP contribution in [-0.4, -0.2) is 80.7 Å². The van der Waals surface area contributed by atoms with Gasteiger partial charge in [-0.3, -0.25) is 0 Å². The molecule has 0 aromatic heterocycles. The molecule has 0 aliphatic heterocycles. The molecule has 108 valence electrons.